The summed E-state index contributed by atoms with van der Waals surface area (Å²) in [5, 5.41) is 3.60. The summed E-state index contributed by atoms with van der Waals surface area (Å²) in [4.78, 5) is 13.8. The van der Waals surface area contributed by atoms with Crippen LogP contribution in [0.25, 0.3) is 0 Å². The third-order valence-electron chi connectivity index (χ3n) is 6.55. The van der Waals surface area contributed by atoms with Crippen LogP contribution >= 0.6 is 0 Å². The van der Waals surface area contributed by atoms with E-state index >= 15 is 0 Å². The number of benzene rings is 1. The topological polar surface area (TPSA) is 70.3 Å². The Morgan fingerprint density at radius 1 is 0.931 bits per heavy atom. The molecule has 4 rings (SSSR count). The number of rotatable bonds is 4. The maximum absolute atomic E-state index is 6.52. The monoisotopic (exact) mass is 394 g/mol. The zero-order chi connectivity index (χ0) is 20.2. The van der Waals surface area contributed by atoms with Gasteiger partial charge in [0, 0.05) is 37.9 Å². The fourth-order valence-electron chi connectivity index (χ4n) is 4.61. The Labute approximate surface area is 174 Å². The van der Waals surface area contributed by atoms with Crippen LogP contribution in [0.1, 0.15) is 49.7 Å². The Morgan fingerprint density at radius 3 is 2.34 bits per heavy atom. The van der Waals surface area contributed by atoms with E-state index in [-0.39, 0.29) is 0 Å². The Kier molecular flexibility index (Phi) is 6.07. The molecule has 6 heteroatoms. The molecule has 0 bridgehead atoms. The number of nitrogens with zero attached hydrogens (tertiary/aromatic N) is 4. The minimum absolute atomic E-state index is 0.476. The summed E-state index contributed by atoms with van der Waals surface area (Å²) < 4.78 is 0. The predicted molar refractivity (Wildman–Crippen MR) is 122 cm³/mol. The molecule has 0 amide bonds. The second-order valence-corrected chi connectivity index (χ2v) is 8.49. The van der Waals surface area contributed by atoms with Gasteiger partial charge in [0.2, 0.25) is 0 Å². The largest absolute Gasteiger partial charge is 0.393 e. The summed E-state index contributed by atoms with van der Waals surface area (Å²) in [6.45, 7) is 8.16. The second kappa shape index (κ2) is 8.89. The number of aryl methyl sites for hydroxylation is 1. The minimum atomic E-state index is 0.476. The third kappa shape index (κ3) is 4.41. The van der Waals surface area contributed by atoms with Gasteiger partial charge in [-0.1, -0.05) is 37.8 Å². The van der Waals surface area contributed by atoms with Crippen LogP contribution in [-0.4, -0.2) is 42.2 Å². The number of nitrogens with one attached hydrogen (secondary N) is 1. The van der Waals surface area contributed by atoms with E-state index in [1.807, 2.05) is 0 Å². The van der Waals surface area contributed by atoms with E-state index in [9.17, 15) is 0 Å². The van der Waals surface area contributed by atoms with Crippen molar-refractivity contribution in [3.63, 3.8) is 0 Å². The van der Waals surface area contributed by atoms with Gasteiger partial charge in [-0.3, -0.25) is 0 Å². The predicted octanol–water partition coefficient (Wildman–Crippen LogP) is 4.14. The van der Waals surface area contributed by atoms with E-state index in [0.717, 1.165) is 37.8 Å². The third-order valence-corrected chi connectivity index (χ3v) is 6.55. The van der Waals surface area contributed by atoms with Crippen molar-refractivity contribution in [1.29, 1.82) is 0 Å². The number of anilines is 4. The first-order valence-corrected chi connectivity index (χ1v) is 11.1. The number of hydrogen-bond donors (Lipinski definition) is 2. The highest BCUT2D eigenvalue weighted by molar-refractivity contribution is 5.75. The molecule has 1 saturated heterocycles. The van der Waals surface area contributed by atoms with Gasteiger partial charge in [0.05, 0.1) is 0 Å². The van der Waals surface area contributed by atoms with Crippen LogP contribution < -0.4 is 20.9 Å². The van der Waals surface area contributed by atoms with Gasteiger partial charge in [-0.05, 0) is 43.9 Å². The van der Waals surface area contributed by atoms with Gasteiger partial charge in [-0.15, -0.1) is 0 Å². The molecule has 2 heterocycles. The van der Waals surface area contributed by atoms with Gasteiger partial charge in [0.15, 0.2) is 11.6 Å². The number of nitrogens with two attached hydrogens (primary N) is 1. The summed E-state index contributed by atoms with van der Waals surface area (Å²) >= 11 is 0. The quantitative estimate of drug-likeness (QED) is 0.760. The first kappa shape index (κ1) is 19.8. The normalized spacial score (nSPS) is 18.6. The molecule has 1 aromatic carbocycles. The van der Waals surface area contributed by atoms with E-state index in [1.54, 1.807) is 6.33 Å². The van der Waals surface area contributed by atoms with E-state index in [1.165, 1.54) is 55.3 Å². The Bertz CT molecular complexity index is 820. The van der Waals surface area contributed by atoms with Crippen molar-refractivity contribution in [3.8, 4) is 0 Å². The van der Waals surface area contributed by atoms with E-state index in [4.69, 9.17) is 5.73 Å². The fourth-order valence-corrected chi connectivity index (χ4v) is 4.61. The standard InChI is InChI=1S/C23H34N6/c1-17-8-7-11-20(18(17)2)28-12-14-29(15-13-28)23-21(24)22(25-16-26-23)27-19-9-5-3-4-6-10-19/h7-8,11,16,19H,3-6,9-10,12-15,24H2,1-2H3,(H,25,26,27). The summed E-state index contributed by atoms with van der Waals surface area (Å²) in [5.41, 5.74) is 11.3. The van der Waals surface area contributed by atoms with Crippen LogP contribution in [0.2, 0.25) is 0 Å². The molecule has 0 atom stereocenters. The minimum Gasteiger partial charge on any atom is -0.393 e. The van der Waals surface area contributed by atoms with Gasteiger partial charge in [0.25, 0.3) is 0 Å². The molecule has 0 unspecified atom stereocenters. The highest BCUT2D eigenvalue weighted by atomic mass is 15.3. The van der Waals surface area contributed by atoms with Crippen LogP contribution in [-0.2, 0) is 0 Å². The summed E-state index contributed by atoms with van der Waals surface area (Å²) in [6.07, 6.45) is 9.31. The van der Waals surface area contributed by atoms with E-state index in [2.05, 4.69) is 57.1 Å². The van der Waals surface area contributed by atoms with Crippen LogP contribution in [0.5, 0.6) is 0 Å². The van der Waals surface area contributed by atoms with Crippen LogP contribution in [0.3, 0.4) is 0 Å². The lowest BCUT2D eigenvalue weighted by Gasteiger charge is -2.38. The molecular weight excluding hydrogens is 360 g/mol. The fraction of sp³-hybridized carbons (Fsp3) is 0.565. The van der Waals surface area contributed by atoms with Gasteiger partial charge in [0.1, 0.15) is 12.0 Å². The SMILES string of the molecule is Cc1cccc(N2CCN(c3ncnc(NC4CCCCCC4)c3N)CC2)c1C. The molecular formula is C23H34N6. The zero-order valence-corrected chi connectivity index (χ0v) is 17.8. The Hall–Kier alpha value is -2.50. The molecule has 1 aliphatic heterocycles. The number of piperazine rings is 1. The average molecular weight is 395 g/mol. The highest BCUT2D eigenvalue weighted by Gasteiger charge is 2.23. The van der Waals surface area contributed by atoms with Crippen molar-refractivity contribution in [2.45, 2.75) is 58.4 Å². The lowest BCUT2D eigenvalue weighted by atomic mass is 10.1. The summed E-state index contributed by atoms with van der Waals surface area (Å²) in [6, 6.07) is 7.03. The molecule has 2 aliphatic rings. The van der Waals surface area contributed by atoms with Crippen molar-refractivity contribution in [1.82, 2.24) is 9.97 Å². The van der Waals surface area contributed by atoms with Crippen LogP contribution in [0.4, 0.5) is 23.0 Å². The lowest BCUT2D eigenvalue weighted by molar-refractivity contribution is 0.617. The zero-order valence-electron chi connectivity index (χ0n) is 17.8. The van der Waals surface area contributed by atoms with Crippen molar-refractivity contribution in [2.75, 3.05) is 47.0 Å². The van der Waals surface area contributed by atoms with Gasteiger partial charge in [-0.25, -0.2) is 9.97 Å². The lowest BCUT2D eigenvalue weighted by Crippen LogP contribution is -2.47. The van der Waals surface area contributed by atoms with Gasteiger partial charge >= 0.3 is 0 Å². The van der Waals surface area contributed by atoms with E-state index in [0.29, 0.717) is 11.7 Å². The molecule has 29 heavy (non-hydrogen) atoms. The Morgan fingerprint density at radius 2 is 1.62 bits per heavy atom. The van der Waals surface area contributed by atoms with Crippen molar-refractivity contribution in [2.24, 2.45) is 0 Å². The molecule has 0 spiro atoms. The summed E-state index contributed by atoms with van der Waals surface area (Å²) in [5.74, 6) is 1.68. The average Bonchev–Trinajstić information content (AvgIpc) is 3.01. The van der Waals surface area contributed by atoms with Gasteiger partial charge < -0.3 is 20.9 Å². The molecule has 6 nitrogen and oxygen atoms in total. The van der Waals surface area contributed by atoms with Crippen molar-refractivity contribution < 1.29 is 0 Å². The first-order chi connectivity index (χ1) is 14.1. The molecule has 3 N–H and O–H groups in total. The van der Waals surface area contributed by atoms with Crippen LogP contribution in [0, 0.1) is 13.8 Å². The van der Waals surface area contributed by atoms with Crippen LogP contribution in [0.15, 0.2) is 24.5 Å². The highest BCUT2D eigenvalue weighted by Crippen LogP contribution is 2.30. The van der Waals surface area contributed by atoms with Crippen molar-refractivity contribution in [3.05, 3.63) is 35.7 Å². The summed E-state index contributed by atoms with van der Waals surface area (Å²) in [7, 11) is 0. The Balaban J connectivity index is 1.44. The van der Waals surface area contributed by atoms with Crippen molar-refractivity contribution >= 4 is 23.0 Å². The molecule has 2 aromatic rings. The second-order valence-electron chi connectivity index (χ2n) is 8.49. The molecule has 156 valence electrons. The number of hydrogen-bond acceptors (Lipinski definition) is 6. The maximum atomic E-state index is 6.52. The number of aromatic nitrogens is 2. The number of nitrogen functional groups attached to an aromatic ring is 1. The molecule has 1 aliphatic carbocycles. The van der Waals surface area contributed by atoms with E-state index < -0.39 is 0 Å². The maximum Gasteiger partial charge on any atom is 0.157 e. The molecule has 2 fully saturated rings. The molecule has 0 radical (unpaired) electrons. The first-order valence-electron chi connectivity index (χ1n) is 11.1. The van der Waals surface area contributed by atoms with Gasteiger partial charge in [-0.2, -0.15) is 0 Å². The smallest absolute Gasteiger partial charge is 0.157 e. The molecule has 1 saturated carbocycles. The molecule has 1 aromatic heterocycles.